The van der Waals surface area contributed by atoms with Crippen LogP contribution in [-0.4, -0.2) is 4.57 Å². The van der Waals surface area contributed by atoms with E-state index in [2.05, 4.69) is 156 Å². The van der Waals surface area contributed by atoms with Crippen molar-refractivity contribution in [3.63, 3.8) is 0 Å². The highest BCUT2D eigenvalue weighted by molar-refractivity contribution is 6.19. The molecule has 9 aromatic rings. The van der Waals surface area contributed by atoms with E-state index in [1.807, 2.05) is 12.1 Å². The van der Waals surface area contributed by atoms with Crippen molar-refractivity contribution in [2.45, 2.75) is 0 Å². The topological polar surface area (TPSA) is 14.2 Å². The second-order valence-corrected chi connectivity index (χ2v) is 12.1. The zero-order valence-electron chi connectivity index (χ0n) is 24.9. The van der Waals surface area contributed by atoms with Crippen LogP contribution in [-0.2, 0) is 0 Å². The molecule has 0 atom stereocenters. The van der Waals surface area contributed by atoms with Crippen LogP contribution < -0.4 is 4.74 Å². The molecule has 0 saturated heterocycles. The Balaban J connectivity index is 1.12. The first kappa shape index (κ1) is 25.2. The first-order chi connectivity index (χ1) is 22.8. The van der Waals surface area contributed by atoms with Crippen molar-refractivity contribution in [1.29, 1.82) is 0 Å². The van der Waals surface area contributed by atoms with Gasteiger partial charge in [0, 0.05) is 32.8 Å². The van der Waals surface area contributed by atoms with Crippen molar-refractivity contribution in [2.75, 3.05) is 0 Å². The van der Waals surface area contributed by atoms with Crippen LogP contribution in [0.5, 0.6) is 11.5 Å². The van der Waals surface area contributed by atoms with E-state index in [4.69, 9.17) is 4.74 Å². The highest BCUT2D eigenvalue weighted by Gasteiger charge is 2.21. The fourth-order valence-corrected chi connectivity index (χ4v) is 7.48. The molecule has 0 spiro atoms. The van der Waals surface area contributed by atoms with E-state index in [1.165, 1.54) is 76.9 Å². The molecular weight excluding hydrogens is 558 g/mol. The average Bonchev–Trinajstić information content (AvgIpc) is 3.47. The molecule has 0 radical (unpaired) electrons. The number of para-hydroxylation sites is 3. The SMILES string of the molecule is c1ccc(-n2c3ccccc3c3ccc4ccc(-c5ccc(-c6ccc7c8c(cccc68)-c6ccccc6O7)cc5)cc4c32)cc1. The maximum Gasteiger partial charge on any atom is 0.135 e. The molecule has 0 N–H and O–H groups in total. The average molecular weight is 586 g/mol. The molecule has 10 rings (SSSR count). The Morgan fingerprint density at radius 2 is 1.11 bits per heavy atom. The van der Waals surface area contributed by atoms with Crippen LogP contribution in [0.25, 0.3) is 82.4 Å². The van der Waals surface area contributed by atoms with Gasteiger partial charge >= 0.3 is 0 Å². The second kappa shape index (κ2) is 9.69. The Morgan fingerprint density at radius 3 is 2.02 bits per heavy atom. The maximum atomic E-state index is 6.34. The third kappa shape index (κ3) is 3.65. The summed E-state index contributed by atoms with van der Waals surface area (Å²) in [4.78, 5) is 0. The summed E-state index contributed by atoms with van der Waals surface area (Å²) in [6.45, 7) is 0. The number of hydrogen-bond acceptors (Lipinski definition) is 1. The van der Waals surface area contributed by atoms with Crippen LogP contribution in [0.2, 0.25) is 0 Å². The monoisotopic (exact) mass is 585 g/mol. The Morgan fingerprint density at radius 1 is 0.391 bits per heavy atom. The molecule has 214 valence electrons. The molecular formula is C44H27NO. The van der Waals surface area contributed by atoms with Gasteiger partial charge in [-0.1, -0.05) is 127 Å². The Hall–Kier alpha value is -6.12. The summed E-state index contributed by atoms with van der Waals surface area (Å²) in [5.41, 5.74) is 10.8. The van der Waals surface area contributed by atoms with Gasteiger partial charge in [0.05, 0.1) is 11.0 Å². The van der Waals surface area contributed by atoms with Crippen molar-refractivity contribution in [1.82, 2.24) is 4.57 Å². The fourth-order valence-electron chi connectivity index (χ4n) is 7.48. The van der Waals surface area contributed by atoms with Gasteiger partial charge < -0.3 is 9.30 Å². The molecule has 8 aromatic carbocycles. The molecule has 2 heterocycles. The van der Waals surface area contributed by atoms with Crippen molar-refractivity contribution in [3.05, 3.63) is 164 Å². The highest BCUT2D eigenvalue weighted by Crippen LogP contribution is 2.48. The molecule has 1 aliphatic rings. The summed E-state index contributed by atoms with van der Waals surface area (Å²) >= 11 is 0. The van der Waals surface area contributed by atoms with Crippen LogP contribution in [0.1, 0.15) is 0 Å². The zero-order valence-corrected chi connectivity index (χ0v) is 24.9. The van der Waals surface area contributed by atoms with Crippen LogP contribution >= 0.6 is 0 Å². The third-order valence-corrected chi connectivity index (χ3v) is 9.60. The van der Waals surface area contributed by atoms with E-state index in [0.717, 1.165) is 17.1 Å². The molecule has 1 aliphatic heterocycles. The molecule has 0 bridgehead atoms. The normalized spacial score (nSPS) is 12.1. The molecule has 0 saturated carbocycles. The summed E-state index contributed by atoms with van der Waals surface area (Å²) in [5.74, 6) is 1.83. The van der Waals surface area contributed by atoms with Gasteiger partial charge in [-0.25, -0.2) is 0 Å². The summed E-state index contributed by atoms with van der Waals surface area (Å²) < 4.78 is 8.75. The molecule has 1 aromatic heterocycles. The van der Waals surface area contributed by atoms with Gasteiger partial charge in [0.15, 0.2) is 0 Å². The highest BCUT2D eigenvalue weighted by atomic mass is 16.5. The van der Waals surface area contributed by atoms with Gasteiger partial charge in [0.25, 0.3) is 0 Å². The lowest BCUT2D eigenvalue weighted by atomic mass is 9.90. The number of benzene rings is 8. The first-order valence-electron chi connectivity index (χ1n) is 15.8. The minimum absolute atomic E-state index is 0.913. The van der Waals surface area contributed by atoms with E-state index in [0.29, 0.717) is 0 Å². The van der Waals surface area contributed by atoms with Crippen LogP contribution in [0.3, 0.4) is 0 Å². The standard InChI is InChI=1S/C44H27NO/c1-2-9-32(10-3-1)45-40-15-6-4-11-34(40)38-24-23-30-21-22-31(27-39(30)44(38)45)28-17-19-29(20-18-28)33-25-26-42-43-36(33)13-8-14-37(43)35-12-5-7-16-41(35)46-42/h1-27H. The van der Waals surface area contributed by atoms with E-state index < -0.39 is 0 Å². The summed E-state index contributed by atoms with van der Waals surface area (Å²) in [6, 6.07) is 59.0. The zero-order chi connectivity index (χ0) is 30.2. The van der Waals surface area contributed by atoms with Crippen LogP contribution in [0, 0.1) is 0 Å². The van der Waals surface area contributed by atoms with Gasteiger partial charge in [-0.2, -0.15) is 0 Å². The summed E-state index contributed by atoms with van der Waals surface area (Å²) in [7, 11) is 0. The molecule has 0 unspecified atom stereocenters. The molecule has 0 aliphatic carbocycles. The number of fused-ring (bicyclic) bond motifs is 7. The minimum atomic E-state index is 0.913. The predicted molar refractivity (Wildman–Crippen MR) is 192 cm³/mol. The molecule has 46 heavy (non-hydrogen) atoms. The number of nitrogens with zero attached hydrogens (tertiary/aromatic N) is 1. The van der Waals surface area contributed by atoms with Gasteiger partial charge in [-0.15, -0.1) is 0 Å². The lowest BCUT2D eigenvalue weighted by molar-refractivity contribution is 0.487. The fraction of sp³-hybridized carbons (Fsp3) is 0. The van der Waals surface area contributed by atoms with Gasteiger partial charge in [-0.3, -0.25) is 0 Å². The number of aromatic nitrogens is 1. The van der Waals surface area contributed by atoms with Crippen molar-refractivity contribution in [2.24, 2.45) is 0 Å². The Kier molecular flexibility index (Phi) is 5.31. The second-order valence-electron chi connectivity index (χ2n) is 12.1. The van der Waals surface area contributed by atoms with Crippen molar-refractivity contribution < 1.29 is 4.74 Å². The third-order valence-electron chi connectivity index (χ3n) is 9.60. The molecule has 0 fully saturated rings. The van der Waals surface area contributed by atoms with E-state index >= 15 is 0 Å². The summed E-state index contributed by atoms with van der Waals surface area (Å²) in [5, 5.41) is 7.42. The maximum absolute atomic E-state index is 6.34. The largest absolute Gasteiger partial charge is 0.456 e. The van der Waals surface area contributed by atoms with E-state index in [-0.39, 0.29) is 0 Å². The lowest BCUT2D eigenvalue weighted by Gasteiger charge is -2.22. The van der Waals surface area contributed by atoms with Gasteiger partial charge in [0.1, 0.15) is 11.5 Å². The summed E-state index contributed by atoms with van der Waals surface area (Å²) in [6.07, 6.45) is 0. The molecule has 2 nitrogen and oxygen atoms in total. The number of rotatable bonds is 3. The predicted octanol–water partition coefficient (Wildman–Crippen LogP) is 12.2. The van der Waals surface area contributed by atoms with E-state index in [1.54, 1.807) is 0 Å². The number of hydrogen-bond donors (Lipinski definition) is 0. The van der Waals surface area contributed by atoms with E-state index in [9.17, 15) is 0 Å². The molecule has 0 amide bonds. The lowest BCUT2D eigenvalue weighted by Crippen LogP contribution is -1.97. The van der Waals surface area contributed by atoms with Gasteiger partial charge in [0.2, 0.25) is 0 Å². The van der Waals surface area contributed by atoms with Crippen LogP contribution in [0.15, 0.2) is 164 Å². The molecule has 2 heteroatoms. The number of ether oxygens (including phenoxy) is 1. The van der Waals surface area contributed by atoms with Gasteiger partial charge in [-0.05, 0) is 75.0 Å². The smallest absolute Gasteiger partial charge is 0.135 e. The van der Waals surface area contributed by atoms with Crippen molar-refractivity contribution in [3.8, 4) is 50.6 Å². The minimum Gasteiger partial charge on any atom is -0.456 e. The Labute approximate surface area is 266 Å². The Bertz CT molecular complexity index is 2650. The quantitative estimate of drug-likeness (QED) is 0.201. The first-order valence-corrected chi connectivity index (χ1v) is 15.8. The van der Waals surface area contributed by atoms with Crippen molar-refractivity contribution >= 4 is 43.4 Å². The van der Waals surface area contributed by atoms with Crippen LogP contribution in [0.4, 0.5) is 0 Å².